The fraction of sp³-hybridized carbons (Fsp3) is 0.238. The van der Waals surface area contributed by atoms with E-state index in [4.69, 9.17) is 9.47 Å². The van der Waals surface area contributed by atoms with E-state index >= 15 is 0 Å². The van der Waals surface area contributed by atoms with Crippen LogP contribution in [0.25, 0.3) is 0 Å². The van der Waals surface area contributed by atoms with Gasteiger partial charge in [-0.25, -0.2) is 5.43 Å². The Kier molecular flexibility index (Phi) is 5.30. The van der Waals surface area contributed by atoms with Crippen molar-refractivity contribution in [2.45, 2.75) is 24.9 Å². The van der Waals surface area contributed by atoms with Crippen LogP contribution in [0, 0.1) is 20.2 Å². The van der Waals surface area contributed by atoms with Crippen LogP contribution in [0.1, 0.15) is 37.5 Å². The van der Waals surface area contributed by atoms with E-state index in [9.17, 15) is 34.6 Å². The number of nitro groups is 2. The van der Waals surface area contributed by atoms with E-state index in [1.54, 1.807) is 24.3 Å². The second kappa shape index (κ2) is 8.34. The lowest BCUT2D eigenvalue weighted by atomic mass is 10.0. The highest BCUT2D eigenvalue weighted by Gasteiger charge is 2.50. The van der Waals surface area contributed by atoms with Gasteiger partial charge >= 0.3 is 0 Å². The zero-order chi connectivity index (χ0) is 24.9. The molecule has 14 heteroatoms. The number of ether oxygens (including phenoxy) is 2. The molecule has 3 amide bonds. The molecule has 1 N–H and O–H groups in total. The molecule has 5 rings (SSSR count). The second-order valence-corrected chi connectivity index (χ2v) is 7.93. The van der Waals surface area contributed by atoms with Crippen molar-refractivity contribution < 1.29 is 33.7 Å². The van der Waals surface area contributed by atoms with Crippen LogP contribution >= 0.6 is 0 Å². The van der Waals surface area contributed by atoms with Crippen molar-refractivity contribution in [1.29, 1.82) is 0 Å². The standard InChI is InChI=1S/C21H15N5O9/c27-18(10-5-11(25(30)31)7-12(6-10)26(32)33)23-22-15-8-16(17-9-34-21(15)35-17)24-19(28)13-3-1-2-4-14(13)20(24)29/h1-7,16-17,21H,8-9H2,(H,23,27)/b22-15+/t16-,17+,21-/m1/s1. The van der Waals surface area contributed by atoms with Crippen LogP contribution in [-0.2, 0) is 9.47 Å². The molecule has 2 saturated heterocycles. The fourth-order valence-electron chi connectivity index (χ4n) is 4.23. The highest BCUT2D eigenvalue weighted by molar-refractivity contribution is 6.21. The third kappa shape index (κ3) is 3.79. The first kappa shape index (κ1) is 22.2. The largest absolute Gasteiger partial charge is 0.344 e. The van der Waals surface area contributed by atoms with Crippen molar-refractivity contribution in [1.82, 2.24) is 10.3 Å². The van der Waals surface area contributed by atoms with Crippen molar-refractivity contribution in [2.75, 3.05) is 6.61 Å². The molecule has 14 nitrogen and oxygen atoms in total. The third-order valence-electron chi connectivity index (χ3n) is 5.87. The first-order valence-corrected chi connectivity index (χ1v) is 10.3. The molecule has 0 radical (unpaired) electrons. The Labute approximate surface area is 195 Å². The van der Waals surface area contributed by atoms with Gasteiger partial charge in [-0.15, -0.1) is 0 Å². The molecule has 2 bridgehead atoms. The average molecular weight is 481 g/mol. The van der Waals surface area contributed by atoms with Gasteiger partial charge < -0.3 is 9.47 Å². The van der Waals surface area contributed by atoms with Gasteiger partial charge in [0.1, 0.15) is 6.10 Å². The molecule has 0 aromatic heterocycles. The summed E-state index contributed by atoms with van der Waals surface area (Å²) >= 11 is 0. The van der Waals surface area contributed by atoms with Crippen LogP contribution in [-0.4, -0.2) is 63.2 Å². The van der Waals surface area contributed by atoms with Crippen LogP contribution < -0.4 is 5.43 Å². The Morgan fingerprint density at radius 1 is 1.03 bits per heavy atom. The van der Waals surface area contributed by atoms with E-state index in [0.29, 0.717) is 0 Å². The lowest BCUT2D eigenvalue weighted by Gasteiger charge is -2.33. The maximum Gasteiger partial charge on any atom is 0.277 e. The Morgan fingerprint density at radius 2 is 1.63 bits per heavy atom. The summed E-state index contributed by atoms with van der Waals surface area (Å²) in [6, 6.07) is 8.17. The third-order valence-corrected chi connectivity index (χ3v) is 5.87. The summed E-state index contributed by atoms with van der Waals surface area (Å²) in [5.41, 5.74) is 1.30. The maximum atomic E-state index is 12.9. The Hall–Kier alpha value is -4.56. The monoisotopic (exact) mass is 481 g/mol. The highest BCUT2D eigenvalue weighted by Crippen LogP contribution is 2.34. The Morgan fingerprint density at radius 3 is 2.20 bits per heavy atom. The number of nitrogens with one attached hydrogen (secondary N) is 1. The quantitative estimate of drug-likeness (QED) is 0.374. The molecule has 0 spiro atoms. The molecule has 178 valence electrons. The molecular weight excluding hydrogens is 466 g/mol. The summed E-state index contributed by atoms with van der Waals surface area (Å²) in [6.07, 6.45) is -1.46. The molecule has 0 unspecified atom stereocenters. The van der Waals surface area contributed by atoms with Gasteiger partial charge in [0.2, 0.25) is 0 Å². The maximum absolute atomic E-state index is 12.9. The first-order chi connectivity index (χ1) is 16.7. The number of carbonyl (C=O) groups excluding carboxylic acids is 3. The fourth-order valence-corrected chi connectivity index (χ4v) is 4.23. The molecule has 35 heavy (non-hydrogen) atoms. The summed E-state index contributed by atoms with van der Waals surface area (Å²) in [5, 5.41) is 26.1. The highest BCUT2D eigenvalue weighted by atomic mass is 16.7. The molecule has 3 aliphatic rings. The number of nitro benzene ring substituents is 2. The minimum absolute atomic E-state index is 0.0518. The molecular formula is C21H15N5O9. The number of fused-ring (bicyclic) bond motifs is 3. The minimum atomic E-state index is -0.943. The zero-order valence-electron chi connectivity index (χ0n) is 17.7. The molecule has 3 heterocycles. The first-order valence-electron chi connectivity index (χ1n) is 10.3. The minimum Gasteiger partial charge on any atom is -0.344 e. The van der Waals surface area contributed by atoms with Gasteiger partial charge in [-0.2, -0.15) is 5.10 Å². The molecule has 2 aromatic rings. The van der Waals surface area contributed by atoms with Gasteiger partial charge in [0.25, 0.3) is 29.1 Å². The number of benzene rings is 2. The van der Waals surface area contributed by atoms with E-state index in [2.05, 4.69) is 10.5 Å². The molecule has 0 saturated carbocycles. The van der Waals surface area contributed by atoms with Crippen LogP contribution in [0.15, 0.2) is 47.6 Å². The predicted octanol–water partition coefficient (Wildman–Crippen LogP) is 1.40. The number of amides is 3. The second-order valence-electron chi connectivity index (χ2n) is 7.93. The summed E-state index contributed by atoms with van der Waals surface area (Å²) in [7, 11) is 0. The van der Waals surface area contributed by atoms with E-state index < -0.39 is 57.4 Å². The predicted molar refractivity (Wildman–Crippen MR) is 115 cm³/mol. The summed E-state index contributed by atoms with van der Waals surface area (Å²) in [4.78, 5) is 59.9. The van der Waals surface area contributed by atoms with Crippen molar-refractivity contribution >= 4 is 34.8 Å². The number of nitrogens with zero attached hydrogens (tertiary/aromatic N) is 4. The van der Waals surface area contributed by atoms with Crippen LogP contribution in [0.4, 0.5) is 11.4 Å². The number of hydrazone groups is 1. The number of non-ortho nitro benzene ring substituents is 2. The number of imide groups is 1. The van der Waals surface area contributed by atoms with Gasteiger partial charge in [0.05, 0.1) is 51.0 Å². The molecule has 2 fully saturated rings. The Balaban J connectivity index is 1.38. The van der Waals surface area contributed by atoms with E-state index in [1.165, 1.54) is 0 Å². The van der Waals surface area contributed by atoms with Gasteiger partial charge in [-0.3, -0.25) is 39.5 Å². The normalized spacial score (nSPS) is 23.9. The van der Waals surface area contributed by atoms with E-state index in [1.807, 2.05) is 0 Å². The molecule has 2 aromatic carbocycles. The summed E-state index contributed by atoms with van der Waals surface area (Å²) in [5.74, 6) is -1.89. The van der Waals surface area contributed by atoms with Crippen LogP contribution in [0.5, 0.6) is 0 Å². The molecule has 3 atom stereocenters. The van der Waals surface area contributed by atoms with Crippen molar-refractivity contribution in [3.8, 4) is 0 Å². The average Bonchev–Trinajstić information content (AvgIpc) is 3.38. The van der Waals surface area contributed by atoms with Gasteiger partial charge in [-0.1, -0.05) is 12.1 Å². The zero-order valence-corrected chi connectivity index (χ0v) is 17.7. The molecule has 0 aliphatic carbocycles. The van der Waals surface area contributed by atoms with Gasteiger partial charge in [0, 0.05) is 18.6 Å². The number of carbonyl (C=O) groups is 3. The van der Waals surface area contributed by atoms with E-state index in [-0.39, 0.29) is 35.4 Å². The van der Waals surface area contributed by atoms with E-state index in [0.717, 1.165) is 23.1 Å². The lowest BCUT2D eigenvalue weighted by Crippen LogP contribution is -2.52. The number of rotatable bonds is 5. The van der Waals surface area contributed by atoms with Crippen molar-refractivity contribution in [2.24, 2.45) is 5.10 Å². The SMILES string of the molecule is O=C(N/N=C1\C[C@@H](N2C(=O)c3ccccc3C2=O)[C@@H]2CO[C@@H]1O2)c1cc([N+](=O)[O-])cc([N+](=O)[O-])c1. The number of hydrogen-bond donors (Lipinski definition) is 1. The van der Waals surface area contributed by atoms with Gasteiger partial charge in [-0.05, 0) is 12.1 Å². The number of hydrogen-bond acceptors (Lipinski definition) is 10. The molecule has 3 aliphatic heterocycles. The Bertz CT molecular complexity index is 1270. The topological polar surface area (TPSA) is 184 Å². The summed E-state index contributed by atoms with van der Waals surface area (Å²) < 4.78 is 11.3. The summed E-state index contributed by atoms with van der Waals surface area (Å²) in [6.45, 7) is 0.0901. The smallest absolute Gasteiger partial charge is 0.277 e. The van der Waals surface area contributed by atoms with Gasteiger partial charge in [0.15, 0.2) is 6.29 Å². The van der Waals surface area contributed by atoms with Crippen molar-refractivity contribution in [3.63, 3.8) is 0 Å². The van der Waals surface area contributed by atoms with Crippen LogP contribution in [0.3, 0.4) is 0 Å². The van der Waals surface area contributed by atoms with Crippen LogP contribution in [0.2, 0.25) is 0 Å². The van der Waals surface area contributed by atoms with Crippen molar-refractivity contribution in [3.05, 3.63) is 79.4 Å². The lowest BCUT2D eigenvalue weighted by molar-refractivity contribution is -0.394.